The molecule has 0 spiro atoms. The molecule has 0 saturated carbocycles. The lowest BCUT2D eigenvalue weighted by atomic mass is 10.0. The van der Waals surface area contributed by atoms with Crippen molar-refractivity contribution in [2.45, 2.75) is 11.7 Å². The summed E-state index contributed by atoms with van der Waals surface area (Å²) >= 11 is 1.53. The zero-order chi connectivity index (χ0) is 12.7. The number of hydrogen-bond donors (Lipinski definition) is 1. The van der Waals surface area contributed by atoms with Crippen molar-refractivity contribution in [3.63, 3.8) is 0 Å². The molecule has 3 heterocycles. The molecule has 2 aliphatic heterocycles. The Labute approximate surface area is 108 Å². The summed E-state index contributed by atoms with van der Waals surface area (Å²) in [5.41, 5.74) is -0.111. The third-order valence-electron chi connectivity index (χ3n) is 3.29. The lowest BCUT2D eigenvalue weighted by Gasteiger charge is -2.38. The van der Waals surface area contributed by atoms with Gasteiger partial charge in [0.15, 0.2) is 5.16 Å². The van der Waals surface area contributed by atoms with E-state index in [1.807, 2.05) is 0 Å². The van der Waals surface area contributed by atoms with E-state index in [4.69, 9.17) is 5.11 Å². The minimum absolute atomic E-state index is 0.0852. The predicted octanol–water partition coefficient (Wildman–Crippen LogP) is -0.587. The number of rotatable bonds is 2. The minimum atomic E-state index is -0.274. The molecule has 1 N–H and O–H groups in total. The van der Waals surface area contributed by atoms with Crippen LogP contribution in [0.2, 0.25) is 0 Å². The summed E-state index contributed by atoms with van der Waals surface area (Å²) in [6.45, 7) is 1.74. The fourth-order valence-corrected chi connectivity index (χ4v) is 3.10. The molecule has 1 fully saturated rings. The topological polar surface area (TPSA) is 75.4 Å². The summed E-state index contributed by atoms with van der Waals surface area (Å²) in [4.78, 5) is 29.9. The first kappa shape index (κ1) is 11.7. The molecule has 18 heavy (non-hydrogen) atoms. The van der Waals surface area contributed by atoms with Crippen LogP contribution >= 0.6 is 11.8 Å². The minimum Gasteiger partial charge on any atom is -0.396 e. The number of amides is 1. The van der Waals surface area contributed by atoms with Crippen LogP contribution in [0.1, 0.15) is 10.4 Å². The highest BCUT2D eigenvalue weighted by Crippen LogP contribution is 2.22. The largest absolute Gasteiger partial charge is 0.396 e. The van der Waals surface area contributed by atoms with E-state index in [1.165, 1.54) is 18.0 Å². The normalized spacial score (nSPS) is 18.6. The number of aliphatic hydroxyl groups excluding tert-OH is 1. The van der Waals surface area contributed by atoms with Gasteiger partial charge in [-0.3, -0.25) is 14.2 Å². The molecule has 1 aromatic rings. The third-order valence-corrected chi connectivity index (χ3v) is 4.26. The van der Waals surface area contributed by atoms with E-state index in [9.17, 15) is 9.59 Å². The van der Waals surface area contributed by atoms with Gasteiger partial charge < -0.3 is 10.0 Å². The Hall–Kier alpha value is -1.34. The number of thioether (sulfide) groups is 1. The van der Waals surface area contributed by atoms with Crippen LogP contribution in [-0.2, 0) is 6.54 Å². The zero-order valence-electron chi connectivity index (χ0n) is 9.70. The maximum Gasteiger partial charge on any atom is 0.267 e. The summed E-state index contributed by atoms with van der Waals surface area (Å²) in [5.74, 6) is 0.704. The van der Waals surface area contributed by atoms with Crippen LogP contribution in [0.3, 0.4) is 0 Å². The molecular weight excluding hydrogens is 254 g/mol. The molecular formula is C11H13N3O3S. The van der Waals surface area contributed by atoms with Crippen molar-refractivity contribution in [2.24, 2.45) is 5.92 Å². The maximum atomic E-state index is 12.1. The van der Waals surface area contributed by atoms with Gasteiger partial charge in [-0.15, -0.1) is 0 Å². The predicted molar refractivity (Wildman–Crippen MR) is 65.7 cm³/mol. The van der Waals surface area contributed by atoms with Crippen LogP contribution < -0.4 is 5.56 Å². The van der Waals surface area contributed by atoms with Gasteiger partial charge in [0, 0.05) is 44.1 Å². The van der Waals surface area contributed by atoms with E-state index < -0.39 is 0 Å². The molecule has 0 aliphatic carbocycles. The average Bonchev–Trinajstić information content (AvgIpc) is 2.77. The summed E-state index contributed by atoms with van der Waals surface area (Å²) in [6.07, 6.45) is 1.38. The van der Waals surface area contributed by atoms with Gasteiger partial charge in [0.2, 0.25) is 0 Å². The number of aliphatic hydroxyl groups is 1. The van der Waals surface area contributed by atoms with Crippen molar-refractivity contribution >= 4 is 17.7 Å². The van der Waals surface area contributed by atoms with Crippen molar-refractivity contribution < 1.29 is 9.90 Å². The molecule has 6 nitrogen and oxygen atoms in total. The molecule has 0 unspecified atom stereocenters. The number of fused-ring (bicyclic) bond motifs is 1. The van der Waals surface area contributed by atoms with Crippen molar-refractivity contribution in [1.82, 2.24) is 14.5 Å². The van der Waals surface area contributed by atoms with Gasteiger partial charge in [0.25, 0.3) is 11.5 Å². The van der Waals surface area contributed by atoms with E-state index in [2.05, 4.69) is 4.98 Å². The molecule has 0 bridgehead atoms. The molecule has 3 rings (SSSR count). The molecule has 0 aromatic carbocycles. The van der Waals surface area contributed by atoms with E-state index >= 15 is 0 Å². The highest BCUT2D eigenvalue weighted by atomic mass is 32.2. The van der Waals surface area contributed by atoms with Crippen LogP contribution in [0, 0.1) is 5.92 Å². The first-order valence-corrected chi connectivity index (χ1v) is 6.82. The lowest BCUT2D eigenvalue weighted by Crippen LogP contribution is -2.52. The van der Waals surface area contributed by atoms with E-state index in [-0.39, 0.29) is 29.6 Å². The van der Waals surface area contributed by atoms with Crippen molar-refractivity contribution in [3.8, 4) is 0 Å². The fourth-order valence-electron chi connectivity index (χ4n) is 2.19. The zero-order valence-corrected chi connectivity index (χ0v) is 10.5. The maximum absolute atomic E-state index is 12.1. The Balaban J connectivity index is 1.85. The number of carbonyl (C=O) groups is 1. The van der Waals surface area contributed by atoms with Gasteiger partial charge in [-0.1, -0.05) is 11.8 Å². The van der Waals surface area contributed by atoms with Crippen molar-refractivity contribution in [3.05, 3.63) is 22.1 Å². The second-order valence-electron chi connectivity index (χ2n) is 4.52. The Morgan fingerprint density at radius 3 is 3.06 bits per heavy atom. The Bertz CT molecular complexity index is 551. The summed E-state index contributed by atoms with van der Waals surface area (Å²) < 4.78 is 1.56. The number of carbonyl (C=O) groups excluding carboxylic acids is 1. The Kier molecular flexibility index (Phi) is 2.87. The van der Waals surface area contributed by atoms with Gasteiger partial charge in [0.1, 0.15) is 5.56 Å². The third kappa shape index (κ3) is 1.74. The molecule has 1 aromatic heterocycles. The lowest BCUT2D eigenvalue weighted by molar-refractivity contribution is 0.0359. The van der Waals surface area contributed by atoms with Crippen LogP contribution in [0.15, 0.2) is 16.1 Å². The SMILES string of the molecule is O=C(c1cnc2n(c1=O)CCS2)N1CC(CO)C1. The summed E-state index contributed by atoms with van der Waals surface area (Å²) in [5, 5.41) is 9.61. The van der Waals surface area contributed by atoms with Gasteiger partial charge in [-0.25, -0.2) is 4.98 Å². The first-order valence-electron chi connectivity index (χ1n) is 5.83. The van der Waals surface area contributed by atoms with Crippen LogP contribution in [0.25, 0.3) is 0 Å². The van der Waals surface area contributed by atoms with E-state index in [1.54, 1.807) is 9.47 Å². The molecule has 0 atom stereocenters. The number of aromatic nitrogens is 2. The fraction of sp³-hybridized carbons (Fsp3) is 0.545. The molecule has 1 amide bonds. The number of hydrogen-bond acceptors (Lipinski definition) is 5. The summed E-state index contributed by atoms with van der Waals surface area (Å²) in [6, 6.07) is 0. The Morgan fingerprint density at radius 1 is 1.56 bits per heavy atom. The van der Waals surface area contributed by atoms with Gasteiger partial charge >= 0.3 is 0 Å². The Morgan fingerprint density at radius 2 is 2.33 bits per heavy atom. The molecule has 96 valence electrons. The number of nitrogens with zero attached hydrogens (tertiary/aromatic N) is 3. The molecule has 7 heteroatoms. The van der Waals surface area contributed by atoms with Crippen molar-refractivity contribution in [1.29, 1.82) is 0 Å². The highest BCUT2D eigenvalue weighted by Gasteiger charge is 2.32. The van der Waals surface area contributed by atoms with Crippen LogP contribution in [-0.4, -0.2) is 50.9 Å². The smallest absolute Gasteiger partial charge is 0.267 e. The average molecular weight is 267 g/mol. The van der Waals surface area contributed by atoms with Gasteiger partial charge in [0.05, 0.1) is 0 Å². The molecule has 0 radical (unpaired) electrons. The standard InChI is InChI=1S/C11H13N3O3S/c15-6-7-4-13(5-7)9(16)8-3-12-11-14(10(8)17)1-2-18-11/h3,7,15H,1-2,4-6H2. The molecule has 2 aliphatic rings. The van der Waals surface area contributed by atoms with E-state index in [0.717, 1.165) is 5.75 Å². The van der Waals surface area contributed by atoms with Gasteiger partial charge in [-0.2, -0.15) is 0 Å². The molecule has 1 saturated heterocycles. The van der Waals surface area contributed by atoms with Crippen molar-refractivity contribution in [2.75, 3.05) is 25.4 Å². The van der Waals surface area contributed by atoms with Gasteiger partial charge in [-0.05, 0) is 0 Å². The quantitative estimate of drug-likeness (QED) is 0.725. The van der Waals surface area contributed by atoms with E-state index in [0.29, 0.717) is 24.8 Å². The van der Waals surface area contributed by atoms with Crippen LogP contribution in [0.5, 0.6) is 0 Å². The highest BCUT2D eigenvalue weighted by molar-refractivity contribution is 7.99. The summed E-state index contributed by atoms with van der Waals surface area (Å²) in [7, 11) is 0. The second-order valence-corrected chi connectivity index (χ2v) is 5.58. The monoisotopic (exact) mass is 267 g/mol. The number of likely N-dealkylation sites (tertiary alicyclic amines) is 1. The van der Waals surface area contributed by atoms with Crippen LogP contribution in [0.4, 0.5) is 0 Å². The first-order chi connectivity index (χ1) is 8.70. The second kappa shape index (κ2) is 4.40.